The van der Waals surface area contributed by atoms with Crippen molar-refractivity contribution in [2.75, 3.05) is 26.2 Å². The Morgan fingerprint density at radius 3 is 2.41 bits per heavy atom. The summed E-state index contributed by atoms with van der Waals surface area (Å²) in [5.74, 6) is 0.196. The van der Waals surface area contributed by atoms with Gasteiger partial charge in [0.2, 0.25) is 0 Å². The molecule has 120 valence electrons. The van der Waals surface area contributed by atoms with E-state index in [1.165, 1.54) is 11.3 Å². The number of likely N-dealkylation sites (tertiary alicyclic amines) is 1. The fraction of sp³-hybridized carbons (Fsp3) is 0.611. The molecule has 1 spiro atoms. The summed E-state index contributed by atoms with van der Waals surface area (Å²) < 4.78 is 0. The first-order valence-corrected chi connectivity index (χ1v) is 9.23. The standard InChI is InChI=1S/C18H26N2OS/c1-14(2)22-16-5-3-15(4-6-16)17(21)20-11-8-18(9-12-20)7-10-19-13-18/h3-6,14,19H,7-13H2,1-2H3. The van der Waals surface area contributed by atoms with Crippen LogP contribution in [0.1, 0.15) is 43.5 Å². The second kappa shape index (κ2) is 6.63. The van der Waals surface area contributed by atoms with E-state index in [1.807, 2.05) is 28.8 Å². The first kappa shape index (κ1) is 15.9. The van der Waals surface area contributed by atoms with E-state index in [9.17, 15) is 4.79 Å². The Labute approximate surface area is 137 Å². The molecule has 1 aromatic carbocycles. The van der Waals surface area contributed by atoms with Gasteiger partial charge in [-0.2, -0.15) is 0 Å². The molecule has 3 rings (SSSR count). The molecule has 0 radical (unpaired) electrons. The van der Waals surface area contributed by atoms with E-state index in [1.54, 1.807) is 0 Å². The maximum Gasteiger partial charge on any atom is 0.253 e. The Balaban J connectivity index is 1.60. The topological polar surface area (TPSA) is 32.3 Å². The summed E-state index contributed by atoms with van der Waals surface area (Å²) in [6.07, 6.45) is 3.57. The number of thioether (sulfide) groups is 1. The number of hydrogen-bond donors (Lipinski definition) is 1. The molecule has 1 aromatic rings. The van der Waals surface area contributed by atoms with Gasteiger partial charge in [-0.05, 0) is 55.5 Å². The number of hydrogen-bond acceptors (Lipinski definition) is 3. The summed E-state index contributed by atoms with van der Waals surface area (Å²) in [5, 5.41) is 4.04. The predicted octanol–water partition coefficient (Wildman–Crippen LogP) is 3.40. The third-order valence-electron chi connectivity index (χ3n) is 4.92. The Kier molecular flexibility index (Phi) is 4.79. The van der Waals surface area contributed by atoms with Crippen LogP contribution in [0.2, 0.25) is 0 Å². The lowest BCUT2D eigenvalue weighted by molar-refractivity contribution is 0.0607. The molecule has 4 heteroatoms. The van der Waals surface area contributed by atoms with Crippen LogP contribution in [0.25, 0.3) is 0 Å². The minimum atomic E-state index is 0.196. The van der Waals surface area contributed by atoms with E-state index in [0.29, 0.717) is 10.7 Å². The number of piperidine rings is 1. The van der Waals surface area contributed by atoms with E-state index < -0.39 is 0 Å². The summed E-state index contributed by atoms with van der Waals surface area (Å²) in [7, 11) is 0. The second-order valence-corrected chi connectivity index (χ2v) is 8.56. The summed E-state index contributed by atoms with van der Waals surface area (Å²) >= 11 is 1.84. The van der Waals surface area contributed by atoms with Crippen molar-refractivity contribution in [2.45, 2.75) is 43.3 Å². The molecular weight excluding hydrogens is 292 g/mol. The number of nitrogens with one attached hydrogen (secondary N) is 1. The molecule has 0 aromatic heterocycles. The highest BCUT2D eigenvalue weighted by Gasteiger charge is 2.38. The predicted molar refractivity (Wildman–Crippen MR) is 92.5 cm³/mol. The van der Waals surface area contributed by atoms with Gasteiger partial charge in [-0.1, -0.05) is 13.8 Å². The molecule has 2 aliphatic heterocycles. The van der Waals surface area contributed by atoms with Crippen LogP contribution in [0.15, 0.2) is 29.2 Å². The molecule has 0 saturated carbocycles. The maximum atomic E-state index is 12.6. The lowest BCUT2D eigenvalue weighted by Crippen LogP contribution is -2.44. The van der Waals surface area contributed by atoms with Crippen LogP contribution in [-0.4, -0.2) is 42.2 Å². The molecule has 2 heterocycles. The van der Waals surface area contributed by atoms with Crippen molar-refractivity contribution >= 4 is 17.7 Å². The zero-order chi connectivity index (χ0) is 15.6. The molecule has 0 atom stereocenters. The quantitative estimate of drug-likeness (QED) is 0.867. The van der Waals surface area contributed by atoms with Crippen LogP contribution in [0.5, 0.6) is 0 Å². The minimum absolute atomic E-state index is 0.196. The van der Waals surface area contributed by atoms with Crippen LogP contribution in [0.3, 0.4) is 0 Å². The minimum Gasteiger partial charge on any atom is -0.339 e. The zero-order valence-corrected chi connectivity index (χ0v) is 14.4. The van der Waals surface area contributed by atoms with E-state index in [0.717, 1.165) is 44.6 Å². The average Bonchev–Trinajstić information content (AvgIpc) is 2.96. The fourth-order valence-electron chi connectivity index (χ4n) is 3.54. The van der Waals surface area contributed by atoms with Gasteiger partial charge >= 0.3 is 0 Å². The molecule has 0 unspecified atom stereocenters. The summed E-state index contributed by atoms with van der Waals surface area (Å²) in [6, 6.07) is 8.11. The highest BCUT2D eigenvalue weighted by molar-refractivity contribution is 7.99. The van der Waals surface area contributed by atoms with Gasteiger partial charge in [0.15, 0.2) is 0 Å². The fourth-order valence-corrected chi connectivity index (χ4v) is 4.37. The number of nitrogens with zero attached hydrogens (tertiary/aromatic N) is 1. The molecule has 1 N–H and O–H groups in total. The van der Waals surface area contributed by atoms with Gasteiger partial charge in [-0.3, -0.25) is 4.79 Å². The summed E-state index contributed by atoms with van der Waals surface area (Å²) in [4.78, 5) is 15.9. The van der Waals surface area contributed by atoms with E-state index in [-0.39, 0.29) is 5.91 Å². The summed E-state index contributed by atoms with van der Waals surface area (Å²) in [5.41, 5.74) is 1.29. The number of carbonyl (C=O) groups is 1. The molecule has 1 amide bonds. The van der Waals surface area contributed by atoms with E-state index in [4.69, 9.17) is 0 Å². The van der Waals surface area contributed by atoms with Crippen LogP contribution in [0.4, 0.5) is 0 Å². The molecule has 22 heavy (non-hydrogen) atoms. The Hall–Kier alpha value is -1.00. The number of amides is 1. The molecular formula is C18H26N2OS. The zero-order valence-electron chi connectivity index (χ0n) is 13.6. The molecule has 2 aliphatic rings. The van der Waals surface area contributed by atoms with Crippen molar-refractivity contribution in [3.05, 3.63) is 29.8 Å². The summed E-state index contributed by atoms with van der Waals surface area (Å²) in [6.45, 7) is 8.46. The van der Waals surface area contributed by atoms with Crippen molar-refractivity contribution in [2.24, 2.45) is 5.41 Å². The maximum absolute atomic E-state index is 12.6. The van der Waals surface area contributed by atoms with Gasteiger partial charge < -0.3 is 10.2 Å². The normalized spacial score (nSPS) is 20.8. The van der Waals surface area contributed by atoms with Gasteiger partial charge in [-0.15, -0.1) is 11.8 Å². The largest absolute Gasteiger partial charge is 0.339 e. The Bertz CT molecular complexity index is 510. The van der Waals surface area contributed by atoms with E-state index >= 15 is 0 Å². The molecule has 2 saturated heterocycles. The lowest BCUT2D eigenvalue weighted by Gasteiger charge is -2.38. The Morgan fingerprint density at radius 1 is 1.18 bits per heavy atom. The number of carbonyl (C=O) groups excluding carboxylic acids is 1. The molecule has 3 nitrogen and oxygen atoms in total. The monoisotopic (exact) mass is 318 g/mol. The third kappa shape index (κ3) is 3.49. The lowest BCUT2D eigenvalue weighted by atomic mass is 9.78. The van der Waals surface area contributed by atoms with E-state index in [2.05, 4.69) is 31.3 Å². The van der Waals surface area contributed by atoms with Crippen LogP contribution in [0, 0.1) is 5.41 Å². The third-order valence-corrected chi connectivity index (χ3v) is 5.93. The second-order valence-electron chi connectivity index (χ2n) is 6.91. The van der Waals surface area contributed by atoms with Gasteiger partial charge in [0.1, 0.15) is 0 Å². The Morgan fingerprint density at radius 2 is 1.86 bits per heavy atom. The van der Waals surface area contributed by atoms with Gasteiger partial charge in [0, 0.05) is 35.3 Å². The van der Waals surface area contributed by atoms with Gasteiger partial charge in [-0.25, -0.2) is 0 Å². The SMILES string of the molecule is CC(C)Sc1ccc(C(=O)N2CCC3(CCNC3)CC2)cc1. The van der Waals surface area contributed by atoms with Crippen LogP contribution in [-0.2, 0) is 0 Å². The van der Waals surface area contributed by atoms with Gasteiger partial charge in [0.25, 0.3) is 5.91 Å². The average molecular weight is 318 g/mol. The smallest absolute Gasteiger partial charge is 0.253 e. The highest BCUT2D eigenvalue weighted by atomic mass is 32.2. The molecule has 2 fully saturated rings. The molecule has 0 aliphatic carbocycles. The molecule has 0 bridgehead atoms. The van der Waals surface area contributed by atoms with Crippen LogP contribution >= 0.6 is 11.8 Å². The van der Waals surface area contributed by atoms with Crippen molar-refractivity contribution in [1.82, 2.24) is 10.2 Å². The van der Waals surface area contributed by atoms with Crippen LogP contribution < -0.4 is 5.32 Å². The highest BCUT2D eigenvalue weighted by Crippen LogP contribution is 2.37. The number of rotatable bonds is 3. The van der Waals surface area contributed by atoms with Gasteiger partial charge in [0.05, 0.1) is 0 Å². The number of benzene rings is 1. The van der Waals surface area contributed by atoms with Crippen molar-refractivity contribution in [3.63, 3.8) is 0 Å². The van der Waals surface area contributed by atoms with Crippen molar-refractivity contribution in [1.29, 1.82) is 0 Å². The first-order chi connectivity index (χ1) is 10.6. The first-order valence-electron chi connectivity index (χ1n) is 8.35. The van der Waals surface area contributed by atoms with Crippen molar-refractivity contribution in [3.8, 4) is 0 Å². The van der Waals surface area contributed by atoms with Crippen molar-refractivity contribution < 1.29 is 4.79 Å².